The molecule has 0 unspecified atom stereocenters. The second kappa shape index (κ2) is 3.84. The van der Waals surface area contributed by atoms with Gasteiger partial charge in [-0.3, -0.25) is 14.7 Å². The third-order valence-corrected chi connectivity index (χ3v) is 1.40. The maximum atomic E-state index is 11.2. The predicted molar refractivity (Wildman–Crippen MR) is 44.3 cm³/mol. The molecule has 0 radical (unpaired) electrons. The summed E-state index contributed by atoms with van der Waals surface area (Å²) in [7, 11) is 0. The van der Waals surface area contributed by atoms with E-state index in [1.807, 2.05) is 0 Å². The van der Waals surface area contributed by atoms with E-state index in [0.29, 0.717) is 5.69 Å². The van der Waals surface area contributed by atoms with Gasteiger partial charge >= 0.3 is 5.97 Å². The minimum absolute atomic E-state index is 0.250. The van der Waals surface area contributed by atoms with E-state index in [0.717, 1.165) is 5.69 Å². The molecule has 0 saturated heterocycles. The number of carbonyl (C=O) groups excluding carboxylic acids is 2. The molecule has 1 rings (SSSR count). The zero-order valence-corrected chi connectivity index (χ0v) is 7.46. The molecule has 5 heteroatoms. The standard InChI is InChI=1S/C8H10N2O3/c1-5-3-7(10-9-5)8(12)4-13-6(2)11/h3H,4H2,1-2H3,(H,9,10). The van der Waals surface area contributed by atoms with Gasteiger partial charge in [0.1, 0.15) is 5.69 Å². The Kier molecular flexibility index (Phi) is 2.79. The van der Waals surface area contributed by atoms with Gasteiger partial charge in [-0.2, -0.15) is 5.10 Å². The summed E-state index contributed by atoms with van der Waals surface area (Å²) in [5.41, 5.74) is 1.09. The van der Waals surface area contributed by atoms with Crippen molar-refractivity contribution in [3.8, 4) is 0 Å². The van der Waals surface area contributed by atoms with Crippen molar-refractivity contribution >= 4 is 11.8 Å². The highest BCUT2D eigenvalue weighted by Gasteiger charge is 2.10. The van der Waals surface area contributed by atoms with Gasteiger partial charge in [-0.15, -0.1) is 0 Å². The third-order valence-electron chi connectivity index (χ3n) is 1.40. The lowest BCUT2D eigenvalue weighted by molar-refractivity contribution is -0.139. The zero-order chi connectivity index (χ0) is 9.84. The summed E-state index contributed by atoms with van der Waals surface area (Å²) in [5, 5.41) is 6.35. The van der Waals surface area contributed by atoms with Gasteiger partial charge in [-0.05, 0) is 13.0 Å². The van der Waals surface area contributed by atoms with Crippen LogP contribution < -0.4 is 0 Å². The summed E-state index contributed by atoms with van der Waals surface area (Å²) in [6.45, 7) is 2.79. The SMILES string of the molecule is CC(=O)OCC(=O)c1cc(C)[nH]n1. The van der Waals surface area contributed by atoms with Crippen LogP contribution in [0.3, 0.4) is 0 Å². The fourth-order valence-corrected chi connectivity index (χ4v) is 0.802. The van der Waals surface area contributed by atoms with Crippen LogP contribution in [-0.2, 0) is 9.53 Å². The summed E-state index contributed by atoms with van der Waals surface area (Å²) in [5.74, 6) is -0.778. The van der Waals surface area contributed by atoms with E-state index >= 15 is 0 Å². The van der Waals surface area contributed by atoms with Crippen LogP contribution in [0.25, 0.3) is 0 Å². The van der Waals surface area contributed by atoms with E-state index in [2.05, 4.69) is 14.9 Å². The van der Waals surface area contributed by atoms with E-state index in [-0.39, 0.29) is 12.4 Å². The maximum absolute atomic E-state index is 11.2. The predicted octanol–water partition coefficient (Wildman–Crippen LogP) is 0.464. The van der Waals surface area contributed by atoms with Crippen LogP contribution >= 0.6 is 0 Å². The highest BCUT2D eigenvalue weighted by molar-refractivity contribution is 5.96. The molecule has 0 fully saturated rings. The molecule has 0 aliphatic heterocycles. The van der Waals surface area contributed by atoms with E-state index in [1.54, 1.807) is 13.0 Å². The lowest BCUT2D eigenvalue weighted by Crippen LogP contribution is -2.12. The van der Waals surface area contributed by atoms with Crippen LogP contribution in [0.4, 0.5) is 0 Å². The number of nitrogens with zero attached hydrogens (tertiary/aromatic N) is 1. The summed E-state index contributed by atoms with van der Waals surface area (Å²) in [4.78, 5) is 21.6. The average molecular weight is 182 g/mol. The van der Waals surface area contributed by atoms with Gasteiger partial charge in [0.2, 0.25) is 5.78 Å². The first-order chi connectivity index (χ1) is 6.09. The number of ketones is 1. The monoisotopic (exact) mass is 182 g/mol. The minimum atomic E-state index is -0.472. The number of aromatic nitrogens is 2. The number of esters is 1. The molecule has 0 spiro atoms. The Morgan fingerprint density at radius 3 is 2.77 bits per heavy atom. The lowest BCUT2D eigenvalue weighted by atomic mass is 10.3. The topological polar surface area (TPSA) is 72.1 Å². The molecule has 13 heavy (non-hydrogen) atoms. The summed E-state index contributed by atoms with van der Waals surface area (Å²) >= 11 is 0. The molecule has 0 aliphatic carbocycles. The van der Waals surface area contributed by atoms with Crippen molar-refractivity contribution in [2.75, 3.05) is 6.61 Å². The van der Waals surface area contributed by atoms with Crippen molar-refractivity contribution in [1.29, 1.82) is 0 Å². The molecule has 5 nitrogen and oxygen atoms in total. The Morgan fingerprint density at radius 2 is 2.31 bits per heavy atom. The maximum Gasteiger partial charge on any atom is 0.303 e. The third kappa shape index (κ3) is 2.70. The smallest absolute Gasteiger partial charge is 0.303 e. The van der Waals surface area contributed by atoms with E-state index in [4.69, 9.17) is 0 Å². The van der Waals surface area contributed by atoms with Gasteiger partial charge in [-0.1, -0.05) is 0 Å². The Balaban J connectivity index is 2.54. The Morgan fingerprint density at radius 1 is 1.62 bits per heavy atom. The number of carbonyl (C=O) groups is 2. The normalized spacial score (nSPS) is 9.69. The van der Waals surface area contributed by atoms with Gasteiger partial charge in [0, 0.05) is 12.6 Å². The van der Waals surface area contributed by atoms with Crippen molar-refractivity contribution in [2.45, 2.75) is 13.8 Å². The molecular weight excluding hydrogens is 172 g/mol. The van der Waals surface area contributed by atoms with Crippen LogP contribution in [0, 0.1) is 6.92 Å². The molecule has 1 N–H and O–H groups in total. The van der Waals surface area contributed by atoms with Gasteiger partial charge < -0.3 is 4.74 Å². The summed E-state index contributed by atoms with van der Waals surface area (Å²) in [6.07, 6.45) is 0. The molecule has 0 aromatic carbocycles. The average Bonchev–Trinajstić information content (AvgIpc) is 2.47. The van der Waals surface area contributed by atoms with Crippen LogP contribution in [0.5, 0.6) is 0 Å². The summed E-state index contributed by atoms with van der Waals surface area (Å²) < 4.78 is 4.52. The highest BCUT2D eigenvalue weighted by Crippen LogP contribution is 1.99. The Bertz CT molecular complexity index is 330. The van der Waals surface area contributed by atoms with Crippen molar-refractivity contribution in [3.63, 3.8) is 0 Å². The molecule has 0 aliphatic rings. The zero-order valence-electron chi connectivity index (χ0n) is 7.46. The molecule has 0 amide bonds. The van der Waals surface area contributed by atoms with Gasteiger partial charge in [-0.25, -0.2) is 0 Å². The first-order valence-corrected chi connectivity index (χ1v) is 3.78. The molecule has 0 saturated carbocycles. The molecule has 70 valence electrons. The number of Topliss-reactive ketones (excluding diaryl/α,β-unsaturated/α-hetero) is 1. The quantitative estimate of drug-likeness (QED) is 0.544. The second-order valence-corrected chi connectivity index (χ2v) is 2.64. The number of ether oxygens (including phenoxy) is 1. The molecule has 1 heterocycles. The van der Waals surface area contributed by atoms with Crippen LogP contribution in [0.15, 0.2) is 6.07 Å². The van der Waals surface area contributed by atoms with E-state index in [1.165, 1.54) is 6.92 Å². The number of aromatic amines is 1. The first kappa shape index (κ1) is 9.44. The number of aryl methyl sites for hydroxylation is 1. The largest absolute Gasteiger partial charge is 0.457 e. The van der Waals surface area contributed by atoms with E-state index < -0.39 is 5.97 Å². The Labute approximate surface area is 75.1 Å². The number of H-pyrrole nitrogens is 1. The van der Waals surface area contributed by atoms with Crippen LogP contribution in [0.2, 0.25) is 0 Å². The van der Waals surface area contributed by atoms with Gasteiger partial charge in [0.15, 0.2) is 6.61 Å². The Hall–Kier alpha value is -1.65. The van der Waals surface area contributed by atoms with E-state index in [9.17, 15) is 9.59 Å². The lowest BCUT2D eigenvalue weighted by Gasteiger charge is -1.96. The van der Waals surface area contributed by atoms with Crippen LogP contribution in [-0.4, -0.2) is 28.6 Å². The molecule has 1 aromatic rings. The van der Waals surface area contributed by atoms with Crippen molar-refractivity contribution in [1.82, 2.24) is 10.2 Å². The van der Waals surface area contributed by atoms with Crippen LogP contribution in [0.1, 0.15) is 23.1 Å². The van der Waals surface area contributed by atoms with Crippen molar-refractivity contribution in [3.05, 3.63) is 17.5 Å². The van der Waals surface area contributed by atoms with Gasteiger partial charge in [0.25, 0.3) is 0 Å². The number of rotatable bonds is 3. The molecule has 0 atom stereocenters. The van der Waals surface area contributed by atoms with Gasteiger partial charge in [0.05, 0.1) is 0 Å². The number of hydrogen-bond acceptors (Lipinski definition) is 4. The van der Waals surface area contributed by atoms with Crippen molar-refractivity contribution in [2.24, 2.45) is 0 Å². The fraction of sp³-hybridized carbons (Fsp3) is 0.375. The second-order valence-electron chi connectivity index (χ2n) is 2.64. The molecular formula is C8H10N2O3. The fourth-order valence-electron chi connectivity index (χ4n) is 0.802. The number of nitrogens with one attached hydrogen (secondary N) is 1. The summed E-state index contributed by atoms with van der Waals surface area (Å²) in [6, 6.07) is 1.60. The van der Waals surface area contributed by atoms with Crippen molar-refractivity contribution < 1.29 is 14.3 Å². The minimum Gasteiger partial charge on any atom is -0.457 e. The first-order valence-electron chi connectivity index (χ1n) is 3.78. The highest BCUT2D eigenvalue weighted by atomic mass is 16.5. The number of hydrogen-bond donors (Lipinski definition) is 1. The molecule has 1 aromatic heterocycles. The molecule has 0 bridgehead atoms.